The second-order valence-corrected chi connectivity index (χ2v) is 2.99. The van der Waals surface area contributed by atoms with Crippen LogP contribution in [0.2, 0.25) is 0 Å². The van der Waals surface area contributed by atoms with E-state index in [1.165, 1.54) is 0 Å². The van der Waals surface area contributed by atoms with Crippen LogP contribution in [0.1, 0.15) is 13.8 Å². The summed E-state index contributed by atoms with van der Waals surface area (Å²) in [6, 6.07) is 0.398. The summed E-state index contributed by atoms with van der Waals surface area (Å²) in [5, 5.41) is 3.32. The Morgan fingerprint density at radius 2 is 2.18 bits per heavy atom. The summed E-state index contributed by atoms with van der Waals surface area (Å²) in [5.41, 5.74) is 0. The molecule has 0 aliphatic heterocycles. The largest absolute Gasteiger partial charge is 0.384 e. The molecule has 2 atom stereocenters. The number of rotatable bonds is 6. The lowest BCUT2D eigenvalue weighted by atomic mass is 10.2. The normalized spacial score (nSPS) is 15.9. The smallest absolute Gasteiger partial charge is 0.0499 e. The third-order valence-electron chi connectivity index (χ3n) is 1.59. The second-order valence-electron chi connectivity index (χ2n) is 2.99. The molecule has 2 unspecified atom stereocenters. The predicted molar refractivity (Wildman–Crippen MR) is 48.7 cm³/mol. The Labute approximate surface area is 69.6 Å². The van der Waals surface area contributed by atoms with Gasteiger partial charge < -0.3 is 10.1 Å². The van der Waals surface area contributed by atoms with Crippen molar-refractivity contribution >= 4 is 0 Å². The number of hydrogen-bond donors (Lipinski definition) is 1. The van der Waals surface area contributed by atoms with Crippen molar-refractivity contribution in [3.8, 4) is 0 Å². The molecular weight excluding hydrogens is 138 g/mol. The molecule has 66 valence electrons. The Bertz CT molecular complexity index is 104. The van der Waals surface area contributed by atoms with E-state index < -0.39 is 0 Å². The Morgan fingerprint density at radius 1 is 1.55 bits per heavy atom. The molecule has 0 aliphatic carbocycles. The standard InChI is InChI=1S/C9H19NO/c1-5-9(3)10-6-8(2)7-11-4/h5,8-10H,1,6-7H2,2-4H3. The number of methoxy groups -OCH3 is 1. The molecule has 0 aromatic rings. The monoisotopic (exact) mass is 157 g/mol. The molecule has 2 nitrogen and oxygen atoms in total. The van der Waals surface area contributed by atoms with Crippen molar-refractivity contribution in [2.45, 2.75) is 19.9 Å². The minimum atomic E-state index is 0.398. The number of ether oxygens (including phenoxy) is 1. The minimum Gasteiger partial charge on any atom is -0.384 e. The Morgan fingerprint density at radius 3 is 2.64 bits per heavy atom. The van der Waals surface area contributed by atoms with Gasteiger partial charge in [0.15, 0.2) is 0 Å². The fourth-order valence-corrected chi connectivity index (χ4v) is 0.814. The summed E-state index contributed by atoms with van der Waals surface area (Å²) in [5.74, 6) is 0.572. The first kappa shape index (κ1) is 10.7. The summed E-state index contributed by atoms with van der Waals surface area (Å²) in [4.78, 5) is 0. The van der Waals surface area contributed by atoms with Gasteiger partial charge in [-0.1, -0.05) is 13.0 Å². The number of hydrogen-bond acceptors (Lipinski definition) is 2. The summed E-state index contributed by atoms with van der Waals surface area (Å²) in [6.07, 6.45) is 1.90. The van der Waals surface area contributed by atoms with Gasteiger partial charge in [-0.05, 0) is 12.8 Å². The van der Waals surface area contributed by atoms with Crippen LogP contribution in [0, 0.1) is 5.92 Å². The lowest BCUT2D eigenvalue weighted by Crippen LogP contribution is -2.30. The molecule has 0 amide bonds. The van der Waals surface area contributed by atoms with Crippen LogP contribution in [0.4, 0.5) is 0 Å². The van der Waals surface area contributed by atoms with E-state index in [1.54, 1.807) is 7.11 Å². The average molecular weight is 157 g/mol. The maximum atomic E-state index is 5.00. The van der Waals surface area contributed by atoms with Gasteiger partial charge in [0, 0.05) is 26.3 Å². The number of nitrogens with one attached hydrogen (secondary N) is 1. The highest BCUT2D eigenvalue weighted by molar-refractivity contribution is 4.81. The third kappa shape index (κ3) is 6.07. The average Bonchev–Trinajstić information content (AvgIpc) is 2.01. The highest BCUT2D eigenvalue weighted by Crippen LogP contribution is 1.93. The molecule has 0 aromatic heterocycles. The van der Waals surface area contributed by atoms with E-state index in [9.17, 15) is 0 Å². The van der Waals surface area contributed by atoms with Crippen LogP contribution in [0.15, 0.2) is 12.7 Å². The van der Waals surface area contributed by atoms with Gasteiger partial charge in [-0.3, -0.25) is 0 Å². The van der Waals surface area contributed by atoms with Crippen molar-refractivity contribution in [1.29, 1.82) is 0 Å². The van der Waals surface area contributed by atoms with Gasteiger partial charge in [0.05, 0.1) is 0 Å². The fraction of sp³-hybridized carbons (Fsp3) is 0.778. The van der Waals surface area contributed by atoms with Gasteiger partial charge >= 0.3 is 0 Å². The summed E-state index contributed by atoms with van der Waals surface area (Å²) in [6.45, 7) is 9.74. The molecule has 1 N–H and O–H groups in total. The van der Waals surface area contributed by atoms with Crippen LogP contribution in [-0.4, -0.2) is 26.3 Å². The maximum absolute atomic E-state index is 5.00. The summed E-state index contributed by atoms with van der Waals surface area (Å²) < 4.78 is 5.00. The van der Waals surface area contributed by atoms with E-state index >= 15 is 0 Å². The van der Waals surface area contributed by atoms with Gasteiger partial charge in [0.1, 0.15) is 0 Å². The van der Waals surface area contributed by atoms with E-state index in [0.29, 0.717) is 12.0 Å². The Hall–Kier alpha value is -0.340. The van der Waals surface area contributed by atoms with Gasteiger partial charge in [0.25, 0.3) is 0 Å². The third-order valence-corrected chi connectivity index (χ3v) is 1.59. The minimum absolute atomic E-state index is 0.398. The molecule has 0 saturated heterocycles. The van der Waals surface area contributed by atoms with E-state index in [0.717, 1.165) is 13.2 Å². The van der Waals surface area contributed by atoms with E-state index in [-0.39, 0.29) is 0 Å². The highest BCUT2D eigenvalue weighted by atomic mass is 16.5. The molecule has 0 spiro atoms. The van der Waals surface area contributed by atoms with Crippen molar-refractivity contribution in [1.82, 2.24) is 5.32 Å². The molecule has 0 radical (unpaired) electrons. The lowest BCUT2D eigenvalue weighted by Gasteiger charge is -2.13. The van der Waals surface area contributed by atoms with Crippen molar-refractivity contribution in [2.75, 3.05) is 20.3 Å². The maximum Gasteiger partial charge on any atom is 0.0499 e. The van der Waals surface area contributed by atoms with Gasteiger partial charge in [-0.15, -0.1) is 6.58 Å². The fourth-order valence-electron chi connectivity index (χ4n) is 0.814. The summed E-state index contributed by atoms with van der Waals surface area (Å²) in [7, 11) is 1.73. The van der Waals surface area contributed by atoms with Crippen molar-refractivity contribution in [3.63, 3.8) is 0 Å². The Balaban J connectivity index is 3.29. The first-order valence-corrected chi connectivity index (χ1v) is 4.05. The summed E-state index contributed by atoms with van der Waals surface area (Å²) >= 11 is 0. The van der Waals surface area contributed by atoms with Crippen LogP contribution >= 0.6 is 0 Å². The van der Waals surface area contributed by atoms with E-state index in [2.05, 4.69) is 25.7 Å². The molecule has 11 heavy (non-hydrogen) atoms. The highest BCUT2D eigenvalue weighted by Gasteiger charge is 2.01. The molecule has 0 aromatic carbocycles. The van der Waals surface area contributed by atoms with Crippen molar-refractivity contribution in [3.05, 3.63) is 12.7 Å². The van der Waals surface area contributed by atoms with Crippen LogP contribution < -0.4 is 5.32 Å². The molecule has 0 saturated carbocycles. The Kier molecular flexibility index (Phi) is 6.18. The topological polar surface area (TPSA) is 21.3 Å². The van der Waals surface area contributed by atoms with Gasteiger partial charge in [0.2, 0.25) is 0 Å². The van der Waals surface area contributed by atoms with Gasteiger partial charge in [-0.25, -0.2) is 0 Å². The molecule has 0 fully saturated rings. The molecular formula is C9H19NO. The predicted octanol–water partition coefficient (Wildman–Crippen LogP) is 1.43. The van der Waals surface area contributed by atoms with Gasteiger partial charge in [-0.2, -0.15) is 0 Å². The zero-order valence-corrected chi connectivity index (χ0v) is 7.76. The zero-order chi connectivity index (χ0) is 8.69. The molecule has 0 bridgehead atoms. The second kappa shape index (κ2) is 6.38. The van der Waals surface area contributed by atoms with E-state index in [1.807, 2.05) is 6.08 Å². The first-order chi connectivity index (χ1) is 5.20. The van der Waals surface area contributed by atoms with E-state index in [4.69, 9.17) is 4.74 Å². The van der Waals surface area contributed by atoms with Crippen LogP contribution in [0.5, 0.6) is 0 Å². The SMILES string of the molecule is C=CC(C)NCC(C)COC. The van der Waals surface area contributed by atoms with Crippen molar-refractivity contribution < 1.29 is 4.74 Å². The molecule has 0 rings (SSSR count). The van der Waals surface area contributed by atoms with Crippen LogP contribution in [-0.2, 0) is 4.74 Å². The molecule has 0 aliphatic rings. The first-order valence-electron chi connectivity index (χ1n) is 4.05. The zero-order valence-electron chi connectivity index (χ0n) is 7.76. The molecule has 0 heterocycles. The quantitative estimate of drug-likeness (QED) is 0.589. The van der Waals surface area contributed by atoms with Crippen LogP contribution in [0.3, 0.4) is 0 Å². The van der Waals surface area contributed by atoms with Crippen LogP contribution in [0.25, 0.3) is 0 Å². The molecule has 2 heteroatoms. The van der Waals surface area contributed by atoms with Crippen molar-refractivity contribution in [2.24, 2.45) is 5.92 Å². The lowest BCUT2D eigenvalue weighted by molar-refractivity contribution is 0.158.